The molecule has 1 heterocycles. The van der Waals surface area contributed by atoms with Crippen molar-refractivity contribution in [1.29, 1.82) is 0 Å². The van der Waals surface area contributed by atoms with Gasteiger partial charge in [-0.15, -0.1) is 0 Å². The molecular weight excluding hydrogens is 215 g/mol. The maximum Gasteiger partial charge on any atom is 0.148 e. The van der Waals surface area contributed by atoms with E-state index in [2.05, 4.69) is 25.7 Å². The Balaban J connectivity index is 2.31. The number of hydrogen-bond acceptors (Lipinski definition) is 2. The van der Waals surface area contributed by atoms with Crippen molar-refractivity contribution in [2.45, 2.75) is 33.2 Å². The molecule has 1 fully saturated rings. The SMILES string of the molecule is CC1CC(C)C(C)N(c2ccc(N)cc2F)C1. The fourth-order valence-corrected chi connectivity index (χ4v) is 2.79. The van der Waals surface area contributed by atoms with Crippen molar-refractivity contribution in [3.63, 3.8) is 0 Å². The maximum absolute atomic E-state index is 13.9. The lowest BCUT2D eigenvalue weighted by molar-refractivity contribution is 0.295. The predicted molar refractivity (Wildman–Crippen MR) is 70.6 cm³/mol. The maximum atomic E-state index is 13.9. The molecule has 0 spiro atoms. The first kappa shape index (κ1) is 12.2. The number of benzene rings is 1. The number of rotatable bonds is 1. The minimum Gasteiger partial charge on any atom is -0.399 e. The first-order chi connectivity index (χ1) is 7.99. The first-order valence-electron chi connectivity index (χ1n) is 6.30. The lowest BCUT2D eigenvalue weighted by Crippen LogP contribution is -2.46. The van der Waals surface area contributed by atoms with Gasteiger partial charge in [0, 0.05) is 18.3 Å². The lowest BCUT2D eigenvalue weighted by atomic mass is 9.85. The molecule has 17 heavy (non-hydrogen) atoms. The molecule has 1 aliphatic heterocycles. The molecule has 3 heteroatoms. The van der Waals surface area contributed by atoms with E-state index in [0.717, 1.165) is 6.54 Å². The second kappa shape index (κ2) is 4.55. The van der Waals surface area contributed by atoms with Crippen LogP contribution in [0.25, 0.3) is 0 Å². The fourth-order valence-electron chi connectivity index (χ4n) is 2.79. The van der Waals surface area contributed by atoms with Crippen LogP contribution in [0.5, 0.6) is 0 Å². The summed E-state index contributed by atoms with van der Waals surface area (Å²) in [6.07, 6.45) is 1.22. The molecule has 0 aliphatic carbocycles. The molecule has 0 radical (unpaired) electrons. The highest BCUT2D eigenvalue weighted by atomic mass is 19.1. The molecule has 94 valence electrons. The van der Waals surface area contributed by atoms with Crippen LogP contribution in [0.4, 0.5) is 15.8 Å². The van der Waals surface area contributed by atoms with E-state index in [-0.39, 0.29) is 5.82 Å². The summed E-state index contributed by atoms with van der Waals surface area (Å²) < 4.78 is 13.9. The van der Waals surface area contributed by atoms with Gasteiger partial charge in [-0.1, -0.05) is 13.8 Å². The topological polar surface area (TPSA) is 29.3 Å². The van der Waals surface area contributed by atoms with E-state index in [1.165, 1.54) is 12.5 Å². The largest absolute Gasteiger partial charge is 0.399 e. The van der Waals surface area contributed by atoms with Crippen molar-refractivity contribution >= 4 is 11.4 Å². The summed E-state index contributed by atoms with van der Waals surface area (Å²) in [7, 11) is 0. The second-order valence-electron chi connectivity index (χ2n) is 5.42. The summed E-state index contributed by atoms with van der Waals surface area (Å²) in [5, 5.41) is 0. The van der Waals surface area contributed by atoms with Crippen LogP contribution in [0.1, 0.15) is 27.2 Å². The van der Waals surface area contributed by atoms with Gasteiger partial charge in [-0.2, -0.15) is 0 Å². The van der Waals surface area contributed by atoms with Gasteiger partial charge in [0.1, 0.15) is 5.82 Å². The van der Waals surface area contributed by atoms with Crippen LogP contribution in [0, 0.1) is 17.7 Å². The van der Waals surface area contributed by atoms with E-state index in [4.69, 9.17) is 5.73 Å². The zero-order valence-electron chi connectivity index (χ0n) is 10.8. The van der Waals surface area contributed by atoms with E-state index in [1.807, 2.05) is 0 Å². The molecule has 3 atom stereocenters. The number of halogens is 1. The van der Waals surface area contributed by atoms with E-state index in [9.17, 15) is 4.39 Å². The zero-order chi connectivity index (χ0) is 12.6. The zero-order valence-corrected chi connectivity index (χ0v) is 10.8. The third-order valence-electron chi connectivity index (χ3n) is 3.88. The highest BCUT2D eigenvalue weighted by Gasteiger charge is 2.30. The molecule has 2 N–H and O–H groups in total. The smallest absolute Gasteiger partial charge is 0.148 e. The molecule has 1 aliphatic rings. The summed E-state index contributed by atoms with van der Waals surface area (Å²) in [4.78, 5) is 2.17. The van der Waals surface area contributed by atoms with E-state index < -0.39 is 0 Å². The summed E-state index contributed by atoms with van der Waals surface area (Å²) in [6.45, 7) is 7.56. The third kappa shape index (κ3) is 2.38. The third-order valence-corrected chi connectivity index (χ3v) is 3.88. The van der Waals surface area contributed by atoms with Gasteiger partial charge in [-0.05, 0) is 43.4 Å². The molecule has 2 nitrogen and oxygen atoms in total. The van der Waals surface area contributed by atoms with Crippen LogP contribution in [-0.2, 0) is 0 Å². The standard InChI is InChI=1S/C14H21FN2/c1-9-6-10(2)11(3)17(8-9)14-5-4-12(16)7-13(14)15/h4-5,7,9-11H,6,8,16H2,1-3H3. The van der Waals surface area contributed by atoms with Crippen molar-refractivity contribution in [2.24, 2.45) is 11.8 Å². The van der Waals surface area contributed by atoms with Crippen molar-refractivity contribution in [1.82, 2.24) is 0 Å². The Morgan fingerprint density at radius 2 is 2.00 bits per heavy atom. The Labute approximate surface area is 103 Å². The van der Waals surface area contributed by atoms with Crippen molar-refractivity contribution in [2.75, 3.05) is 17.2 Å². The summed E-state index contributed by atoms with van der Waals surface area (Å²) in [5.74, 6) is 0.993. The predicted octanol–water partition coefficient (Wildman–Crippen LogP) is 3.28. The van der Waals surface area contributed by atoms with Crippen LogP contribution in [0.2, 0.25) is 0 Å². The monoisotopic (exact) mass is 236 g/mol. The minimum atomic E-state index is -0.210. The Kier molecular flexibility index (Phi) is 3.27. The highest BCUT2D eigenvalue weighted by molar-refractivity contribution is 5.55. The van der Waals surface area contributed by atoms with Gasteiger partial charge < -0.3 is 10.6 Å². The van der Waals surface area contributed by atoms with Gasteiger partial charge >= 0.3 is 0 Å². The second-order valence-corrected chi connectivity index (χ2v) is 5.42. The van der Waals surface area contributed by atoms with E-state index in [1.54, 1.807) is 12.1 Å². The average Bonchev–Trinajstić information content (AvgIpc) is 2.24. The molecule has 3 unspecified atom stereocenters. The Morgan fingerprint density at radius 1 is 1.29 bits per heavy atom. The quantitative estimate of drug-likeness (QED) is 0.758. The Morgan fingerprint density at radius 3 is 2.65 bits per heavy atom. The van der Waals surface area contributed by atoms with Crippen LogP contribution in [0.15, 0.2) is 18.2 Å². The number of nitrogens with two attached hydrogens (primary N) is 1. The van der Waals surface area contributed by atoms with Gasteiger partial charge in [-0.3, -0.25) is 0 Å². The highest BCUT2D eigenvalue weighted by Crippen LogP contribution is 2.33. The minimum absolute atomic E-state index is 0.210. The number of anilines is 2. The average molecular weight is 236 g/mol. The summed E-state index contributed by atoms with van der Waals surface area (Å²) in [6, 6.07) is 5.36. The van der Waals surface area contributed by atoms with Crippen molar-refractivity contribution in [3.8, 4) is 0 Å². The number of hydrogen-bond donors (Lipinski definition) is 1. The van der Waals surface area contributed by atoms with E-state index >= 15 is 0 Å². The van der Waals surface area contributed by atoms with Crippen LogP contribution in [0.3, 0.4) is 0 Å². The Bertz CT molecular complexity index is 405. The molecular formula is C14H21FN2. The molecule has 1 saturated heterocycles. The molecule has 1 aromatic carbocycles. The van der Waals surface area contributed by atoms with Gasteiger partial charge in [0.05, 0.1) is 5.69 Å². The number of nitrogens with zero attached hydrogens (tertiary/aromatic N) is 1. The summed E-state index contributed by atoms with van der Waals surface area (Å²) in [5.41, 5.74) is 6.76. The normalized spacial score (nSPS) is 29.4. The van der Waals surface area contributed by atoms with Gasteiger partial charge in [0.25, 0.3) is 0 Å². The van der Waals surface area contributed by atoms with Crippen LogP contribution < -0.4 is 10.6 Å². The van der Waals surface area contributed by atoms with Crippen LogP contribution >= 0.6 is 0 Å². The van der Waals surface area contributed by atoms with Crippen LogP contribution in [-0.4, -0.2) is 12.6 Å². The molecule has 2 rings (SSSR count). The van der Waals surface area contributed by atoms with Crippen molar-refractivity contribution in [3.05, 3.63) is 24.0 Å². The van der Waals surface area contributed by atoms with Gasteiger partial charge in [0.2, 0.25) is 0 Å². The molecule has 1 aromatic rings. The van der Waals surface area contributed by atoms with Crippen molar-refractivity contribution < 1.29 is 4.39 Å². The molecule has 0 amide bonds. The van der Waals surface area contributed by atoms with E-state index in [0.29, 0.717) is 29.3 Å². The number of piperidine rings is 1. The lowest BCUT2D eigenvalue weighted by Gasteiger charge is -2.42. The van der Waals surface area contributed by atoms with Gasteiger partial charge in [0.15, 0.2) is 0 Å². The summed E-state index contributed by atoms with van der Waals surface area (Å²) >= 11 is 0. The number of nitrogen functional groups attached to an aromatic ring is 1. The molecule has 0 bridgehead atoms. The fraction of sp³-hybridized carbons (Fsp3) is 0.571. The molecule has 0 aromatic heterocycles. The van der Waals surface area contributed by atoms with Gasteiger partial charge in [-0.25, -0.2) is 4.39 Å². The Hall–Kier alpha value is -1.25. The first-order valence-corrected chi connectivity index (χ1v) is 6.30. The molecule has 0 saturated carbocycles.